The summed E-state index contributed by atoms with van der Waals surface area (Å²) in [6, 6.07) is 9.46. The van der Waals surface area contributed by atoms with Gasteiger partial charge in [-0.3, -0.25) is 0 Å². The zero-order valence-electron chi connectivity index (χ0n) is 9.45. The summed E-state index contributed by atoms with van der Waals surface area (Å²) in [5, 5.41) is 8.98. The van der Waals surface area contributed by atoms with Crippen molar-refractivity contribution in [1.29, 1.82) is 5.26 Å². The predicted octanol–water partition coefficient (Wildman–Crippen LogP) is 4.58. The van der Waals surface area contributed by atoms with E-state index in [1.807, 2.05) is 31.2 Å². The number of aromatic nitrogens is 1. The van der Waals surface area contributed by atoms with Gasteiger partial charge in [-0.05, 0) is 62.5 Å². The first kappa shape index (κ1) is 13.1. The molecule has 90 valence electrons. The number of ether oxygens (including phenoxy) is 1. The van der Waals surface area contributed by atoms with Crippen molar-refractivity contribution < 1.29 is 4.74 Å². The lowest BCUT2D eigenvalue weighted by molar-refractivity contribution is 0.475. The maximum Gasteiger partial charge on any atom is 0.183 e. The first-order valence-electron chi connectivity index (χ1n) is 5.10. The van der Waals surface area contributed by atoms with Gasteiger partial charge < -0.3 is 4.74 Å². The van der Waals surface area contributed by atoms with Gasteiger partial charge in [0.15, 0.2) is 11.4 Å². The average molecular weight is 368 g/mol. The minimum absolute atomic E-state index is 0.255. The molecule has 0 unspecified atom stereocenters. The number of benzene rings is 1. The van der Waals surface area contributed by atoms with Crippen LogP contribution in [-0.4, -0.2) is 4.98 Å². The second kappa shape index (κ2) is 5.51. The minimum atomic E-state index is 0.255. The molecule has 1 heterocycles. The molecule has 0 atom stereocenters. The van der Waals surface area contributed by atoms with Crippen molar-refractivity contribution in [3.05, 3.63) is 50.7 Å². The first-order valence-corrected chi connectivity index (χ1v) is 6.68. The maximum atomic E-state index is 8.98. The van der Waals surface area contributed by atoms with Crippen LogP contribution < -0.4 is 4.74 Å². The van der Waals surface area contributed by atoms with E-state index in [1.165, 1.54) is 0 Å². The van der Waals surface area contributed by atoms with Crippen LogP contribution in [0.4, 0.5) is 0 Å². The molecule has 3 nitrogen and oxygen atoms in total. The highest BCUT2D eigenvalue weighted by atomic mass is 79.9. The SMILES string of the molecule is Cc1ccc(Oc2cc(Br)cnc2C#N)c(Br)c1. The normalized spacial score (nSPS) is 9.89. The van der Waals surface area contributed by atoms with E-state index >= 15 is 0 Å². The number of hydrogen-bond acceptors (Lipinski definition) is 3. The molecule has 0 bridgehead atoms. The molecule has 0 spiro atoms. The molecule has 0 N–H and O–H groups in total. The molecule has 0 aliphatic rings. The lowest BCUT2D eigenvalue weighted by atomic mass is 10.2. The largest absolute Gasteiger partial charge is 0.453 e. The Morgan fingerprint density at radius 2 is 2.00 bits per heavy atom. The standard InChI is InChI=1S/C13H8Br2N2O/c1-8-2-3-12(10(15)4-8)18-13-5-9(14)7-17-11(13)6-16/h2-5,7H,1H3. The summed E-state index contributed by atoms with van der Waals surface area (Å²) in [6.07, 6.45) is 1.57. The highest BCUT2D eigenvalue weighted by molar-refractivity contribution is 9.10. The average Bonchev–Trinajstić information content (AvgIpc) is 2.33. The predicted molar refractivity (Wildman–Crippen MR) is 75.6 cm³/mol. The van der Waals surface area contributed by atoms with E-state index in [9.17, 15) is 0 Å². The number of hydrogen-bond donors (Lipinski definition) is 0. The third kappa shape index (κ3) is 2.89. The topological polar surface area (TPSA) is 45.9 Å². The van der Waals surface area contributed by atoms with Crippen molar-refractivity contribution in [2.24, 2.45) is 0 Å². The molecule has 0 aliphatic carbocycles. The maximum absolute atomic E-state index is 8.98. The van der Waals surface area contributed by atoms with E-state index in [0.29, 0.717) is 11.5 Å². The number of halogens is 2. The Balaban J connectivity index is 2.40. The minimum Gasteiger partial charge on any atom is -0.453 e. The highest BCUT2D eigenvalue weighted by Crippen LogP contribution is 2.32. The number of rotatable bonds is 2. The van der Waals surface area contributed by atoms with Gasteiger partial charge in [0, 0.05) is 10.7 Å². The molecule has 1 aromatic carbocycles. The summed E-state index contributed by atoms with van der Waals surface area (Å²) in [5.74, 6) is 1.08. The van der Waals surface area contributed by atoms with E-state index in [4.69, 9.17) is 10.00 Å². The smallest absolute Gasteiger partial charge is 0.183 e. The molecule has 0 amide bonds. The molecule has 0 saturated heterocycles. The van der Waals surface area contributed by atoms with Crippen molar-refractivity contribution in [3.8, 4) is 17.6 Å². The fourth-order valence-electron chi connectivity index (χ4n) is 1.39. The Morgan fingerprint density at radius 1 is 1.22 bits per heavy atom. The Bertz CT molecular complexity index is 635. The van der Waals surface area contributed by atoms with Gasteiger partial charge in [0.2, 0.25) is 0 Å². The van der Waals surface area contributed by atoms with Crippen molar-refractivity contribution in [3.63, 3.8) is 0 Å². The first-order chi connectivity index (χ1) is 8.60. The van der Waals surface area contributed by atoms with E-state index < -0.39 is 0 Å². The van der Waals surface area contributed by atoms with Crippen LogP contribution >= 0.6 is 31.9 Å². The van der Waals surface area contributed by atoms with Gasteiger partial charge in [-0.25, -0.2) is 4.98 Å². The number of nitriles is 1. The molecule has 1 aromatic heterocycles. The van der Waals surface area contributed by atoms with E-state index in [1.54, 1.807) is 12.3 Å². The van der Waals surface area contributed by atoms with Crippen LogP contribution in [0.1, 0.15) is 11.3 Å². The summed E-state index contributed by atoms with van der Waals surface area (Å²) in [5.41, 5.74) is 1.38. The number of pyridine rings is 1. The fourth-order valence-corrected chi connectivity index (χ4v) is 2.27. The zero-order valence-corrected chi connectivity index (χ0v) is 12.6. The van der Waals surface area contributed by atoms with Crippen LogP contribution in [0.3, 0.4) is 0 Å². The highest BCUT2D eigenvalue weighted by Gasteiger charge is 2.09. The van der Waals surface area contributed by atoms with Crippen LogP contribution in [0.5, 0.6) is 11.5 Å². The summed E-state index contributed by atoms with van der Waals surface area (Å²) in [4.78, 5) is 3.99. The summed E-state index contributed by atoms with van der Waals surface area (Å²) in [6.45, 7) is 2.00. The number of aryl methyl sites for hydroxylation is 1. The van der Waals surface area contributed by atoms with Crippen molar-refractivity contribution in [2.45, 2.75) is 6.92 Å². The van der Waals surface area contributed by atoms with Crippen LogP contribution in [0, 0.1) is 18.3 Å². The third-order valence-corrected chi connectivity index (χ3v) is 3.29. The molecule has 0 saturated carbocycles. The number of nitrogens with zero attached hydrogens (tertiary/aromatic N) is 2. The molecule has 2 aromatic rings. The zero-order chi connectivity index (χ0) is 13.1. The summed E-state index contributed by atoms with van der Waals surface area (Å²) in [7, 11) is 0. The van der Waals surface area contributed by atoms with Gasteiger partial charge >= 0.3 is 0 Å². The molecular formula is C13H8Br2N2O. The summed E-state index contributed by atoms with van der Waals surface area (Å²) < 4.78 is 7.31. The molecule has 0 fully saturated rings. The third-order valence-electron chi connectivity index (χ3n) is 2.23. The van der Waals surface area contributed by atoms with Gasteiger partial charge in [-0.1, -0.05) is 6.07 Å². The second-order valence-corrected chi connectivity index (χ2v) is 5.42. The van der Waals surface area contributed by atoms with Gasteiger partial charge in [-0.15, -0.1) is 0 Å². The van der Waals surface area contributed by atoms with Crippen LogP contribution in [0.15, 0.2) is 39.4 Å². The molecule has 0 aliphatic heterocycles. The van der Waals surface area contributed by atoms with Crippen molar-refractivity contribution in [2.75, 3.05) is 0 Å². The van der Waals surface area contributed by atoms with Gasteiger partial charge in [-0.2, -0.15) is 5.26 Å². The molecule has 0 radical (unpaired) electrons. The second-order valence-electron chi connectivity index (χ2n) is 3.65. The van der Waals surface area contributed by atoms with Gasteiger partial charge in [0.1, 0.15) is 11.8 Å². The van der Waals surface area contributed by atoms with Crippen LogP contribution in [0.25, 0.3) is 0 Å². The van der Waals surface area contributed by atoms with Crippen molar-refractivity contribution in [1.82, 2.24) is 4.98 Å². The van der Waals surface area contributed by atoms with Crippen LogP contribution in [0.2, 0.25) is 0 Å². The Labute approximate surface area is 122 Å². The lowest BCUT2D eigenvalue weighted by Gasteiger charge is -2.09. The molecular weight excluding hydrogens is 360 g/mol. The van der Waals surface area contributed by atoms with E-state index in [-0.39, 0.29) is 5.69 Å². The molecule has 2 rings (SSSR count). The quantitative estimate of drug-likeness (QED) is 0.780. The van der Waals surface area contributed by atoms with Crippen LogP contribution in [-0.2, 0) is 0 Å². The fraction of sp³-hybridized carbons (Fsp3) is 0.0769. The monoisotopic (exact) mass is 366 g/mol. The van der Waals surface area contributed by atoms with Gasteiger partial charge in [0.25, 0.3) is 0 Å². The van der Waals surface area contributed by atoms with E-state index in [0.717, 1.165) is 14.5 Å². The van der Waals surface area contributed by atoms with Gasteiger partial charge in [0.05, 0.1) is 4.47 Å². The summed E-state index contributed by atoms with van der Waals surface area (Å²) >= 11 is 6.73. The molecule has 5 heteroatoms. The lowest BCUT2D eigenvalue weighted by Crippen LogP contribution is -1.92. The van der Waals surface area contributed by atoms with Crippen molar-refractivity contribution >= 4 is 31.9 Å². The Hall–Kier alpha value is -1.38. The van der Waals surface area contributed by atoms with E-state index in [2.05, 4.69) is 36.8 Å². The molecule has 18 heavy (non-hydrogen) atoms. The Morgan fingerprint density at radius 3 is 2.67 bits per heavy atom. The Kier molecular flexibility index (Phi) is 4.00.